The second-order valence-corrected chi connectivity index (χ2v) is 9.77. The number of nitrogens with zero attached hydrogens (tertiary/aromatic N) is 4. The molecule has 2 unspecified atom stereocenters. The van der Waals surface area contributed by atoms with Crippen LogP contribution in [0.25, 0.3) is 11.3 Å². The number of aryl methyl sites for hydroxylation is 1. The summed E-state index contributed by atoms with van der Waals surface area (Å²) in [6, 6.07) is 7.66. The summed E-state index contributed by atoms with van der Waals surface area (Å²) in [6.45, 7) is 6.59. The zero-order valence-electron chi connectivity index (χ0n) is 20.0. The first kappa shape index (κ1) is 23.4. The fraction of sp³-hybridized carbons (Fsp3) is 0.423. The highest BCUT2D eigenvalue weighted by atomic mass is 19.1. The molecule has 0 bridgehead atoms. The number of halogens is 2. The lowest BCUT2D eigenvalue weighted by Gasteiger charge is -2.38. The molecule has 2 atom stereocenters. The zero-order valence-corrected chi connectivity index (χ0v) is 20.0. The predicted molar refractivity (Wildman–Crippen MR) is 128 cm³/mol. The summed E-state index contributed by atoms with van der Waals surface area (Å²) >= 11 is 0. The van der Waals surface area contributed by atoms with Crippen LogP contribution in [0.2, 0.25) is 0 Å². The summed E-state index contributed by atoms with van der Waals surface area (Å²) in [7, 11) is 0. The lowest BCUT2D eigenvalue weighted by molar-refractivity contribution is 0.132. The third kappa shape index (κ3) is 5.05. The minimum absolute atomic E-state index is 0.0778. The fourth-order valence-corrected chi connectivity index (χ4v) is 5.27. The molecular formula is C26H30F2N6O. The van der Waals surface area contributed by atoms with Gasteiger partial charge in [0.25, 0.3) is 0 Å². The van der Waals surface area contributed by atoms with E-state index in [9.17, 15) is 13.6 Å². The van der Waals surface area contributed by atoms with Crippen molar-refractivity contribution in [3.8, 4) is 11.3 Å². The Hall–Kier alpha value is -3.33. The van der Waals surface area contributed by atoms with Crippen LogP contribution < -0.4 is 5.32 Å². The van der Waals surface area contributed by atoms with Gasteiger partial charge in [-0.2, -0.15) is 5.10 Å². The first-order valence-corrected chi connectivity index (χ1v) is 12.1. The van der Waals surface area contributed by atoms with Gasteiger partial charge in [-0.25, -0.2) is 13.6 Å². The van der Waals surface area contributed by atoms with Crippen molar-refractivity contribution in [2.75, 3.05) is 19.6 Å². The summed E-state index contributed by atoms with van der Waals surface area (Å²) in [5.41, 5.74) is 4.92. The number of hydrogen-bond donors (Lipinski definition) is 2. The Labute approximate surface area is 203 Å². The number of rotatable bonds is 4. The SMILES string of the molecule is Cc1cc(-c2n[nH]c3c2CN(C(=O)NC2CC(C)CN(Cc4c(F)cccc4F)C2)CC3)ccn1. The summed E-state index contributed by atoms with van der Waals surface area (Å²) in [5.74, 6) is -0.770. The standard InChI is InChI=1S/C26H30F2N6O/c1-16-10-19(13-33(12-16)14-20-22(27)4-3-5-23(20)28)30-26(35)34-9-7-24-21(15-34)25(32-31-24)18-6-8-29-17(2)11-18/h3-6,8,11,16,19H,7,9-10,12-15H2,1-2H3,(H,30,35)(H,31,32). The van der Waals surface area contributed by atoms with Crippen molar-refractivity contribution in [1.29, 1.82) is 0 Å². The Morgan fingerprint density at radius 3 is 2.80 bits per heavy atom. The highest BCUT2D eigenvalue weighted by molar-refractivity contribution is 5.76. The molecule has 0 spiro atoms. The van der Waals surface area contributed by atoms with Crippen LogP contribution >= 0.6 is 0 Å². The van der Waals surface area contributed by atoms with Crippen molar-refractivity contribution in [1.82, 2.24) is 30.3 Å². The maximum absolute atomic E-state index is 14.2. The number of piperidine rings is 1. The lowest BCUT2D eigenvalue weighted by Crippen LogP contribution is -2.53. The second kappa shape index (κ2) is 9.73. The molecule has 1 aromatic carbocycles. The van der Waals surface area contributed by atoms with Gasteiger partial charge in [0.05, 0.1) is 12.2 Å². The van der Waals surface area contributed by atoms with E-state index in [2.05, 4.69) is 27.4 Å². The number of aromatic amines is 1. The number of amides is 2. The minimum Gasteiger partial charge on any atom is -0.334 e. The van der Waals surface area contributed by atoms with Gasteiger partial charge in [0.2, 0.25) is 0 Å². The van der Waals surface area contributed by atoms with Crippen LogP contribution in [-0.4, -0.2) is 56.7 Å². The molecular weight excluding hydrogens is 450 g/mol. The number of nitrogens with one attached hydrogen (secondary N) is 2. The van der Waals surface area contributed by atoms with Crippen LogP contribution in [0.1, 0.15) is 35.9 Å². The molecule has 1 fully saturated rings. The van der Waals surface area contributed by atoms with Crippen LogP contribution in [0.5, 0.6) is 0 Å². The largest absolute Gasteiger partial charge is 0.334 e. The van der Waals surface area contributed by atoms with E-state index in [-0.39, 0.29) is 24.2 Å². The van der Waals surface area contributed by atoms with Gasteiger partial charge in [-0.3, -0.25) is 15.0 Å². The average molecular weight is 481 g/mol. The van der Waals surface area contributed by atoms with Crippen molar-refractivity contribution in [2.24, 2.45) is 5.92 Å². The zero-order chi connectivity index (χ0) is 24.5. The summed E-state index contributed by atoms with van der Waals surface area (Å²) < 4.78 is 28.3. The number of urea groups is 1. The van der Waals surface area contributed by atoms with Gasteiger partial charge in [0, 0.05) is 72.9 Å². The van der Waals surface area contributed by atoms with E-state index in [1.807, 2.05) is 28.9 Å². The van der Waals surface area contributed by atoms with E-state index in [0.29, 0.717) is 32.0 Å². The van der Waals surface area contributed by atoms with Crippen LogP contribution in [-0.2, 0) is 19.5 Å². The highest BCUT2D eigenvalue weighted by Crippen LogP contribution is 2.29. The molecule has 1 saturated heterocycles. The van der Waals surface area contributed by atoms with Gasteiger partial charge in [-0.1, -0.05) is 13.0 Å². The van der Waals surface area contributed by atoms with Crippen molar-refractivity contribution < 1.29 is 13.6 Å². The molecule has 2 aromatic heterocycles. The Morgan fingerprint density at radius 1 is 1.23 bits per heavy atom. The van der Waals surface area contributed by atoms with Crippen LogP contribution in [0.3, 0.4) is 0 Å². The van der Waals surface area contributed by atoms with Crippen LogP contribution in [0.4, 0.5) is 13.6 Å². The van der Waals surface area contributed by atoms with Gasteiger partial charge >= 0.3 is 6.03 Å². The topological polar surface area (TPSA) is 77.2 Å². The molecule has 2 amide bonds. The Morgan fingerprint density at radius 2 is 2.03 bits per heavy atom. The quantitative estimate of drug-likeness (QED) is 0.591. The molecule has 0 radical (unpaired) electrons. The molecule has 4 heterocycles. The number of fused-ring (bicyclic) bond motifs is 1. The average Bonchev–Trinajstić information content (AvgIpc) is 3.24. The van der Waals surface area contributed by atoms with E-state index in [4.69, 9.17) is 0 Å². The summed E-state index contributed by atoms with van der Waals surface area (Å²) in [6.07, 6.45) is 3.30. The molecule has 7 nitrogen and oxygen atoms in total. The normalized spacial score (nSPS) is 20.5. The number of H-pyrrole nitrogens is 1. The molecule has 2 N–H and O–H groups in total. The van der Waals surface area contributed by atoms with E-state index in [1.165, 1.54) is 18.2 Å². The van der Waals surface area contributed by atoms with E-state index >= 15 is 0 Å². The molecule has 9 heteroatoms. The summed E-state index contributed by atoms with van der Waals surface area (Å²) in [4.78, 5) is 21.3. The first-order valence-electron chi connectivity index (χ1n) is 12.1. The smallest absolute Gasteiger partial charge is 0.317 e. The van der Waals surface area contributed by atoms with Crippen LogP contribution in [0.15, 0.2) is 36.5 Å². The van der Waals surface area contributed by atoms with E-state index < -0.39 is 11.6 Å². The van der Waals surface area contributed by atoms with Gasteiger partial charge < -0.3 is 10.2 Å². The number of carbonyl (C=O) groups excluding carboxylic acids is 1. The Bertz CT molecular complexity index is 1210. The van der Waals surface area contributed by atoms with Crippen molar-refractivity contribution in [2.45, 2.75) is 45.8 Å². The third-order valence-electron chi connectivity index (χ3n) is 6.90. The van der Waals surface area contributed by atoms with Crippen molar-refractivity contribution in [3.63, 3.8) is 0 Å². The van der Waals surface area contributed by atoms with Crippen molar-refractivity contribution >= 4 is 6.03 Å². The molecule has 184 valence electrons. The fourth-order valence-electron chi connectivity index (χ4n) is 5.27. The molecule has 5 rings (SSSR count). The van der Waals surface area contributed by atoms with Gasteiger partial charge in [0.1, 0.15) is 11.6 Å². The maximum atomic E-state index is 14.2. The monoisotopic (exact) mass is 480 g/mol. The minimum atomic E-state index is -0.534. The molecule has 35 heavy (non-hydrogen) atoms. The van der Waals surface area contributed by atoms with Crippen molar-refractivity contribution in [3.05, 3.63) is 70.7 Å². The molecule has 2 aliphatic heterocycles. The number of carbonyl (C=O) groups is 1. The highest BCUT2D eigenvalue weighted by Gasteiger charge is 2.30. The lowest BCUT2D eigenvalue weighted by atomic mass is 9.95. The molecule has 2 aliphatic rings. The van der Waals surface area contributed by atoms with Crippen LogP contribution in [0, 0.1) is 24.5 Å². The maximum Gasteiger partial charge on any atom is 0.317 e. The van der Waals surface area contributed by atoms with Gasteiger partial charge in [0.15, 0.2) is 0 Å². The van der Waals surface area contributed by atoms with E-state index in [0.717, 1.165) is 41.2 Å². The molecule has 0 saturated carbocycles. The Kier molecular flexibility index (Phi) is 6.51. The van der Waals surface area contributed by atoms with Gasteiger partial charge in [-0.15, -0.1) is 0 Å². The molecule has 3 aromatic rings. The number of aromatic nitrogens is 3. The number of likely N-dealkylation sites (tertiary alicyclic amines) is 1. The number of hydrogen-bond acceptors (Lipinski definition) is 4. The molecule has 0 aliphatic carbocycles. The Balaban J connectivity index is 1.25. The van der Waals surface area contributed by atoms with Gasteiger partial charge in [-0.05, 0) is 43.5 Å². The third-order valence-corrected chi connectivity index (χ3v) is 6.90. The first-order chi connectivity index (χ1) is 16.9. The van der Waals surface area contributed by atoms with E-state index in [1.54, 1.807) is 6.20 Å². The summed E-state index contributed by atoms with van der Waals surface area (Å²) in [5, 5.41) is 10.8. The second-order valence-electron chi connectivity index (χ2n) is 9.77. The predicted octanol–water partition coefficient (Wildman–Crippen LogP) is 4.04. The number of benzene rings is 1. The number of pyridine rings is 1.